The van der Waals surface area contributed by atoms with Gasteiger partial charge in [-0.15, -0.1) is 0 Å². The zero-order valence-corrected chi connectivity index (χ0v) is 18.7. The Morgan fingerprint density at radius 3 is 2.65 bits per heavy atom. The number of hydrogen-bond acceptors (Lipinski definition) is 6. The SMILES string of the molecule is CCS(=O)(=O)N1CCc2c(cccc2NCC(=O)Nc2cc3c(cc2Cl)OCCO3)C1. The summed E-state index contributed by atoms with van der Waals surface area (Å²) in [5.41, 5.74) is 3.27. The van der Waals surface area contributed by atoms with Crippen molar-refractivity contribution >= 4 is 38.9 Å². The van der Waals surface area contributed by atoms with E-state index in [1.807, 2.05) is 18.2 Å². The fraction of sp³-hybridized carbons (Fsp3) is 0.381. The quantitative estimate of drug-likeness (QED) is 0.681. The maximum atomic E-state index is 12.5. The lowest BCUT2D eigenvalue weighted by Crippen LogP contribution is -2.37. The first kappa shape index (κ1) is 21.7. The molecular weight excluding hydrogens is 442 g/mol. The number of nitrogens with zero attached hydrogens (tertiary/aromatic N) is 1. The molecular formula is C21H24ClN3O5S. The van der Waals surface area contributed by atoms with Crippen LogP contribution in [0, 0.1) is 0 Å². The normalized spacial score (nSPS) is 15.8. The van der Waals surface area contributed by atoms with E-state index in [0.29, 0.717) is 54.9 Å². The van der Waals surface area contributed by atoms with Crippen LogP contribution >= 0.6 is 11.6 Å². The van der Waals surface area contributed by atoms with E-state index in [2.05, 4.69) is 10.6 Å². The molecule has 166 valence electrons. The highest BCUT2D eigenvalue weighted by Crippen LogP contribution is 2.38. The summed E-state index contributed by atoms with van der Waals surface area (Å²) in [6.45, 7) is 3.37. The standard InChI is InChI=1S/C21H24ClN3O5S/c1-2-31(27,28)25-7-6-15-14(13-25)4-3-5-17(15)23-12-21(26)24-18-11-20-19(10-16(18)22)29-8-9-30-20/h3-5,10-11,23H,2,6-9,12-13H2,1H3,(H,24,26). The van der Waals surface area contributed by atoms with Crippen molar-refractivity contribution in [1.82, 2.24) is 4.31 Å². The van der Waals surface area contributed by atoms with E-state index in [4.69, 9.17) is 21.1 Å². The summed E-state index contributed by atoms with van der Waals surface area (Å²) in [5, 5.41) is 6.32. The van der Waals surface area contributed by atoms with Gasteiger partial charge in [-0.3, -0.25) is 4.79 Å². The molecule has 0 saturated carbocycles. The van der Waals surface area contributed by atoms with E-state index in [9.17, 15) is 13.2 Å². The number of ether oxygens (including phenoxy) is 2. The van der Waals surface area contributed by atoms with Crippen molar-refractivity contribution in [2.75, 3.05) is 42.7 Å². The molecule has 0 fully saturated rings. The minimum atomic E-state index is -3.23. The number of benzene rings is 2. The fourth-order valence-electron chi connectivity index (χ4n) is 3.70. The maximum Gasteiger partial charge on any atom is 0.243 e. The van der Waals surface area contributed by atoms with Crippen molar-refractivity contribution in [3.8, 4) is 11.5 Å². The van der Waals surface area contributed by atoms with Gasteiger partial charge < -0.3 is 20.1 Å². The Balaban J connectivity index is 1.41. The van der Waals surface area contributed by atoms with Crippen LogP contribution in [0.15, 0.2) is 30.3 Å². The van der Waals surface area contributed by atoms with Gasteiger partial charge in [-0.2, -0.15) is 4.31 Å². The van der Waals surface area contributed by atoms with E-state index in [-0.39, 0.29) is 18.2 Å². The number of sulfonamides is 1. The number of rotatable bonds is 6. The highest BCUT2D eigenvalue weighted by atomic mass is 35.5. The van der Waals surface area contributed by atoms with Crippen LogP contribution in [0.25, 0.3) is 0 Å². The van der Waals surface area contributed by atoms with Gasteiger partial charge in [0.05, 0.1) is 23.0 Å². The molecule has 1 amide bonds. The molecule has 31 heavy (non-hydrogen) atoms. The second-order valence-electron chi connectivity index (χ2n) is 7.30. The van der Waals surface area contributed by atoms with Crippen molar-refractivity contribution in [2.24, 2.45) is 0 Å². The highest BCUT2D eigenvalue weighted by molar-refractivity contribution is 7.89. The molecule has 0 aliphatic carbocycles. The lowest BCUT2D eigenvalue weighted by atomic mass is 9.99. The molecule has 2 aromatic rings. The summed E-state index contributed by atoms with van der Waals surface area (Å²) in [7, 11) is -3.23. The second-order valence-corrected chi connectivity index (χ2v) is 9.97. The first-order valence-corrected chi connectivity index (χ1v) is 12.1. The highest BCUT2D eigenvalue weighted by Gasteiger charge is 2.26. The van der Waals surface area contributed by atoms with Crippen LogP contribution in [-0.4, -0.2) is 50.7 Å². The third-order valence-corrected chi connectivity index (χ3v) is 7.48. The van der Waals surface area contributed by atoms with Crippen LogP contribution in [0.1, 0.15) is 18.1 Å². The summed E-state index contributed by atoms with van der Waals surface area (Å²) in [6.07, 6.45) is 0.591. The van der Waals surface area contributed by atoms with Gasteiger partial charge in [-0.05, 0) is 30.5 Å². The van der Waals surface area contributed by atoms with E-state index in [0.717, 1.165) is 16.8 Å². The molecule has 0 aromatic heterocycles. The predicted molar refractivity (Wildman–Crippen MR) is 120 cm³/mol. The van der Waals surface area contributed by atoms with Crippen LogP contribution in [-0.2, 0) is 27.8 Å². The van der Waals surface area contributed by atoms with Crippen LogP contribution in [0.2, 0.25) is 5.02 Å². The monoisotopic (exact) mass is 465 g/mol. The third kappa shape index (κ3) is 4.73. The number of anilines is 2. The molecule has 4 rings (SSSR count). The van der Waals surface area contributed by atoms with E-state index < -0.39 is 10.0 Å². The van der Waals surface area contributed by atoms with Crippen LogP contribution in [0.4, 0.5) is 11.4 Å². The van der Waals surface area contributed by atoms with Crippen molar-refractivity contribution in [2.45, 2.75) is 19.9 Å². The molecule has 0 spiro atoms. The van der Waals surface area contributed by atoms with E-state index in [1.165, 1.54) is 4.31 Å². The number of fused-ring (bicyclic) bond motifs is 2. The molecule has 0 radical (unpaired) electrons. The van der Waals surface area contributed by atoms with Gasteiger partial charge in [-0.25, -0.2) is 8.42 Å². The van der Waals surface area contributed by atoms with E-state index in [1.54, 1.807) is 19.1 Å². The zero-order chi connectivity index (χ0) is 22.0. The first-order chi connectivity index (χ1) is 14.9. The van der Waals surface area contributed by atoms with Crippen molar-refractivity contribution < 1.29 is 22.7 Å². The molecule has 0 saturated heterocycles. The summed E-state index contributed by atoms with van der Waals surface area (Å²) in [6, 6.07) is 8.96. The smallest absolute Gasteiger partial charge is 0.243 e. The summed E-state index contributed by atoms with van der Waals surface area (Å²) in [4.78, 5) is 12.5. The minimum absolute atomic E-state index is 0.0399. The number of hydrogen-bond donors (Lipinski definition) is 2. The molecule has 8 nitrogen and oxygen atoms in total. The average molecular weight is 466 g/mol. The molecule has 2 aliphatic heterocycles. The number of nitrogens with one attached hydrogen (secondary N) is 2. The van der Waals surface area contributed by atoms with Gasteiger partial charge in [0.15, 0.2) is 11.5 Å². The van der Waals surface area contributed by atoms with Crippen LogP contribution in [0.5, 0.6) is 11.5 Å². The summed E-state index contributed by atoms with van der Waals surface area (Å²) >= 11 is 6.26. The Hall–Kier alpha value is -2.49. The fourth-order valence-corrected chi connectivity index (χ4v) is 4.97. The Bertz CT molecular complexity index is 1110. The van der Waals surface area contributed by atoms with Gasteiger partial charge >= 0.3 is 0 Å². The van der Waals surface area contributed by atoms with E-state index >= 15 is 0 Å². The maximum absolute atomic E-state index is 12.5. The Labute approximate surface area is 186 Å². The molecule has 2 aromatic carbocycles. The van der Waals surface area contributed by atoms with Crippen molar-refractivity contribution in [1.29, 1.82) is 0 Å². The van der Waals surface area contributed by atoms with Crippen molar-refractivity contribution in [3.05, 3.63) is 46.5 Å². The molecule has 2 N–H and O–H groups in total. The lowest BCUT2D eigenvalue weighted by Gasteiger charge is -2.29. The van der Waals surface area contributed by atoms with Gasteiger partial charge in [0.2, 0.25) is 15.9 Å². The largest absolute Gasteiger partial charge is 0.486 e. The topological polar surface area (TPSA) is 97.0 Å². The van der Waals surface area contributed by atoms with Crippen LogP contribution < -0.4 is 20.1 Å². The first-order valence-electron chi connectivity index (χ1n) is 10.1. The molecule has 2 aliphatic rings. The van der Waals surface area contributed by atoms with Gasteiger partial charge in [0.1, 0.15) is 13.2 Å². The van der Waals surface area contributed by atoms with Gasteiger partial charge in [-0.1, -0.05) is 23.7 Å². The number of carbonyl (C=O) groups excluding carboxylic acids is 1. The second kappa shape index (κ2) is 8.94. The molecule has 0 unspecified atom stereocenters. The third-order valence-electron chi connectivity index (χ3n) is 5.33. The van der Waals surface area contributed by atoms with Gasteiger partial charge in [0.25, 0.3) is 0 Å². The van der Waals surface area contributed by atoms with Crippen LogP contribution in [0.3, 0.4) is 0 Å². The predicted octanol–water partition coefficient (Wildman–Crippen LogP) is 2.87. The Morgan fingerprint density at radius 1 is 1.16 bits per heavy atom. The summed E-state index contributed by atoms with van der Waals surface area (Å²) < 4.78 is 36.9. The Kier molecular flexibility index (Phi) is 6.27. The number of carbonyl (C=O) groups is 1. The lowest BCUT2D eigenvalue weighted by molar-refractivity contribution is -0.114. The van der Waals surface area contributed by atoms with Gasteiger partial charge in [0, 0.05) is 30.9 Å². The molecule has 0 bridgehead atoms. The molecule has 10 heteroatoms. The minimum Gasteiger partial charge on any atom is -0.486 e. The molecule has 2 heterocycles. The number of amides is 1. The average Bonchev–Trinajstić information content (AvgIpc) is 2.77. The van der Waals surface area contributed by atoms with Crippen molar-refractivity contribution in [3.63, 3.8) is 0 Å². The Morgan fingerprint density at radius 2 is 1.90 bits per heavy atom. The number of halogens is 1. The summed E-state index contributed by atoms with van der Waals surface area (Å²) in [5.74, 6) is 0.926. The zero-order valence-electron chi connectivity index (χ0n) is 17.1. The molecule has 0 atom stereocenters.